The van der Waals surface area contributed by atoms with Crippen molar-refractivity contribution in [3.63, 3.8) is 0 Å². The minimum atomic E-state index is -4.67. The van der Waals surface area contributed by atoms with Crippen LogP contribution in [0.15, 0.2) is 53.4 Å². The third-order valence-electron chi connectivity index (χ3n) is 4.90. The van der Waals surface area contributed by atoms with E-state index in [0.717, 1.165) is 18.6 Å². The van der Waals surface area contributed by atoms with E-state index in [9.17, 15) is 30.8 Å². The summed E-state index contributed by atoms with van der Waals surface area (Å²) in [5, 5.41) is 2.68. The van der Waals surface area contributed by atoms with Gasteiger partial charge in [-0.15, -0.1) is 0 Å². The first kappa shape index (κ1) is 21.3. The fourth-order valence-electron chi connectivity index (χ4n) is 3.19. The van der Waals surface area contributed by atoms with Gasteiger partial charge in [0.2, 0.25) is 15.9 Å². The molecule has 0 radical (unpaired) electrons. The largest absolute Gasteiger partial charge is 0.402 e. The van der Waals surface area contributed by atoms with Crippen LogP contribution in [0.25, 0.3) is 0 Å². The van der Waals surface area contributed by atoms with Crippen LogP contribution >= 0.6 is 0 Å². The highest BCUT2D eigenvalue weighted by Crippen LogP contribution is 2.44. The maximum Gasteiger partial charge on any atom is 0.402 e. The third-order valence-corrected chi connectivity index (χ3v) is 6.32. The Morgan fingerprint density at radius 3 is 2.24 bits per heavy atom. The monoisotopic (exact) mass is 430 g/mol. The Morgan fingerprint density at radius 1 is 1.07 bits per heavy atom. The van der Waals surface area contributed by atoms with Gasteiger partial charge in [-0.3, -0.25) is 4.79 Å². The second-order valence-corrected chi connectivity index (χ2v) is 8.63. The van der Waals surface area contributed by atoms with Crippen LogP contribution in [0.4, 0.5) is 23.2 Å². The average Bonchev–Trinajstić information content (AvgIpc) is 2.59. The van der Waals surface area contributed by atoms with Crippen molar-refractivity contribution in [1.82, 2.24) is 4.72 Å². The van der Waals surface area contributed by atoms with Crippen LogP contribution in [-0.2, 0) is 20.2 Å². The maximum absolute atomic E-state index is 13.6. The molecule has 2 aromatic carbocycles. The lowest BCUT2D eigenvalue weighted by atomic mass is 9.63. The normalized spacial score (nSPS) is 16.1. The molecule has 0 spiro atoms. The van der Waals surface area contributed by atoms with Gasteiger partial charge in [-0.05, 0) is 54.8 Å². The number of sulfonamides is 1. The van der Waals surface area contributed by atoms with Crippen LogP contribution in [0.2, 0.25) is 0 Å². The molecular weight excluding hydrogens is 412 g/mol. The van der Waals surface area contributed by atoms with E-state index in [1.807, 2.05) is 0 Å². The van der Waals surface area contributed by atoms with Crippen LogP contribution < -0.4 is 10.0 Å². The number of nitrogens with one attached hydrogen (secondary N) is 2. The summed E-state index contributed by atoms with van der Waals surface area (Å²) in [5.74, 6) is -0.789. The van der Waals surface area contributed by atoms with E-state index in [4.69, 9.17) is 0 Å². The van der Waals surface area contributed by atoms with Crippen molar-refractivity contribution in [2.24, 2.45) is 0 Å². The molecule has 0 unspecified atom stereocenters. The van der Waals surface area contributed by atoms with Crippen molar-refractivity contribution in [3.05, 3.63) is 59.9 Å². The van der Waals surface area contributed by atoms with Crippen LogP contribution in [-0.4, -0.2) is 27.0 Å². The maximum atomic E-state index is 13.6. The van der Waals surface area contributed by atoms with Gasteiger partial charge in [0.15, 0.2) is 0 Å². The number of amides is 1. The summed E-state index contributed by atoms with van der Waals surface area (Å²) < 4.78 is 75.5. The third kappa shape index (κ3) is 4.76. The van der Waals surface area contributed by atoms with Crippen molar-refractivity contribution < 1.29 is 30.8 Å². The molecule has 1 amide bonds. The molecule has 0 heterocycles. The number of benzene rings is 2. The van der Waals surface area contributed by atoms with Gasteiger partial charge in [-0.2, -0.15) is 13.2 Å². The zero-order valence-corrected chi connectivity index (χ0v) is 15.9. The minimum absolute atomic E-state index is 0.285. The Kier molecular flexibility index (Phi) is 5.68. The molecule has 1 aliphatic rings. The summed E-state index contributed by atoms with van der Waals surface area (Å²) >= 11 is 0. The predicted molar refractivity (Wildman–Crippen MR) is 98.2 cm³/mol. The van der Waals surface area contributed by atoms with Gasteiger partial charge in [-0.25, -0.2) is 17.5 Å². The van der Waals surface area contributed by atoms with Gasteiger partial charge in [0, 0.05) is 5.69 Å². The molecule has 0 saturated heterocycles. The summed E-state index contributed by atoms with van der Waals surface area (Å²) in [7, 11) is -4.33. The lowest BCUT2D eigenvalue weighted by molar-refractivity contribution is -0.124. The van der Waals surface area contributed by atoms with Crippen LogP contribution in [0.1, 0.15) is 24.8 Å². The summed E-state index contributed by atoms with van der Waals surface area (Å²) in [6, 6.07) is 10.6. The number of anilines is 1. The molecule has 1 saturated carbocycles. The number of alkyl halides is 3. The van der Waals surface area contributed by atoms with Crippen LogP contribution in [0.5, 0.6) is 0 Å². The first-order valence-electron chi connectivity index (χ1n) is 8.76. The highest BCUT2D eigenvalue weighted by Gasteiger charge is 2.45. The molecular formula is C19H18F4N2O3S. The molecule has 1 fully saturated rings. The Bertz CT molecular complexity index is 1000. The minimum Gasteiger partial charge on any atom is -0.325 e. The van der Waals surface area contributed by atoms with Gasteiger partial charge in [0.1, 0.15) is 12.4 Å². The Morgan fingerprint density at radius 2 is 1.72 bits per heavy atom. The molecule has 0 atom stereocenters. The van der Waals surface area contributed by atoms with E-state index >= 15 is 0 Å². The number of hydrogen-bond donors (Lipinski definition) is 2. The number of carbonyl (C=O) groups is 1. The highest BCUT2D eigenvalue weighted by atomic mass is 32.2. The summed E-state index contributed by atoms with van der Waals surface area (Å²) in [6.07, 6.45) is -2.76. The van der Waals surface area contributed by atoms with Crippen molar-refractivity contribution >= 4 is 21.6 Å². The Balaban J connectivity index is 1.73. The zero-order chi connectivity index (χ0) is 21.3. The second-order valence-electron chi connectivity index (χ2n) is 6.86. The fourth-order valence-corrected chi connectivity index (χ4v) is 4.21. The smallest absolute Gasteiger partial charge is 0.325 e. The quantitative estimate of drug-likeness (QED) is 0.686. The summed E-state index contributed by atoms with van der Waals surface area (Å²) in [4.78, 5) is 12.5. The first-order valence-corrected chi connectivity index (χ1v) is 10.2. The molecule has 5 nitrogen and oxygen atoms in total. The Labute approximate surface area is 165 Å². The molecule has 0 bridgehead atoms. The van der Waals surface area contributed by atoms with E-state index in [-0.39, 0.29) is 16.5 Å². The number of hydrogen-bond acceptors (Lipinski definition) is 3. The topological polar surface area (TPSA) is 75.3 Å². The predicted octanol–water partition coefficient (Wildman–Crippen LogP) is 3.73. The first-order chi connectivity index (χ1) is 13.5. The second kappa shape index (κ2) is 7.75. The van der Waals surface area contributed by atoms with Gasteiger partial charge in [-0.1, -0.05) is 18.6 Å². The van der Waals surface area contributed by atoms with Gasteiger partial charge >= 0.3 is 6.18 Å². The average molecular weight is 430 g/mol. The fraction of sp³-hybridized carbons (Fsp3) is 0.316. The van der Waals surface area contributed by atoms with Crippen molar-refractivity contribution in [2.45, 2.75) is 35.7 Å². The molecule has 10 heteroatoms. The molecule has 29 heavy (non-hydrogen) atoms. The standard InChI is InChI=1S/C19H18F4N2O3S/c20-14-4-1-3-13(11-14)18(9-2-10-18)17(26)25-15-5-7-16(8-6-15)29(27,28)24-12-19(21,22)23/h1,3-8,11,24H,2,9-10,12H2,(H,25,26). The van der Waals surface area contributed by atoms with E-state index in [2.05, 4.69) is 5.32 Å². The van der Waals surface area contributed by atoms with Crippen LogP contribution in [0, 0.1) is 5.82 Å². The molecule has 2 N–H and O–H groups in total. The number of carbonyl (C=O) groups excluding carboxylic acids is 1. The Hall–Kier alpha value is -2.46. The molecule has 0 aromatic heterocycles. The SMILES string of the molecule is O=C(Nc1ccc(S(=O)(=O)NCC(F)(F)F)cc1)C1(c2cccc(F)c2)CCC1. The van der Waals surface area contributed by atoms with E-state index in [1.165, 1.54) is 35.1 Å². The van der Waals surface area contributed by atoms with Crippen molar-refractivity contribution in [3.8, 4) is 0 Å². The number of halogens is 4. The van der Waals surface area contributed by atoms with Crippen molar-refractivity contribution in [2.75, 3.05) is 11.9 Å². The summed E-state index contributed by atoms with van der Waals surface area (Å²) in [5.41, 5.74) is -0.00885. The molecule has 3 rings (SSSR count). The van der Waals surface area contributed by atoms with E-state index in [0.29, 0.717) is 18.4 Å². The number of rotatable bonds is 6. The lowest BCUT2D eigenvalue weighted by Gasteiger charge is -2.40. The van der Waals surface area contributed by atoms with Gasteiger partial charge in [0.25, 0.3) is 0 Å². The molecule has 1 aliphatic carbocycles. The molecule has 0 aliphatic heterocycles. The summed E-state index contributed by atoms with van der Waals surface area (Å²) in [6.45, 7) is -1.68. The highest BCUT2D eigenvalue weighted by molar-refractivity contribution is 7.89. The van der Waals surface area contributed by atoms with Crippen LogP contribution in [0.3, 0.4) is 0 Å². The lowest BCUT2D eigenvalue weighted by Crippen LogP contribution is -2.46. The van der Waals surface area contributed by atoms with Gasteiger partial charge < -0.3 is 5.32 Å². The van der Waals surface area contributed by atoms with Gasteiger partial charge in [0.05, 0.1) is 10.3 Å². The zero-order valence-electron chi connectivity index (χ0n) is 15.1. The van der Waals surface area contributed by atoms with E-state index < -0.39 is 34.0 Å². The van der Waals surface area contributed by atoms with E-state index in [1.54, 1.807) is 6.07 Å². The molecule has 156 valence electrons. The molecule has 2 aromatic rings. The van der Waals surface area contributed by atoms with Crippen molar-refractivity contribution in [1.29, 1.82) is 0 Å².